The largest absolute Gasteiger partial charge is 0.238 e. The van der Waals surface area contributed by atoms with Crippen molar-refractivity contribution in [1.82, 2.24) is 0 Å². The summed E-state index contributed by atoms with van der Waals surface area (Å²) in [6, 6.07) is 25.9. The van der Waals surface area contributed by atoms with Crippen LogP contribution in [0.5, 0.6) is 0 Å². The molecular weight excluding hydrogens is 280 g/mol. The van der Waals surface area contributed by atoms with E-state index < -0.39 is 0 Å². The van der Waals surface area contributed by atoms with Crippen LogP contribution in [-0.4, -0.2) is 0 Å². The van der Waals surface area contributed by atoms with Crippen molar-refractivity contribution in [3.63, 3.8) is 0 Å². The molecule has 0 aliphatic carbocycles. The fraction of sp³-hybridized carbons (Fsp3) is 0.0476. The number of nitrogens with zero attached hydrogens (tertiary/aromatic N) is 2. The predicted octanol–water partition coefficient (Wildman–Crippen LogP) is 5.37. The minimum absolute atomic E-state index is 0.659. The van der Waals surface area contributed by atoms with E-state index in [0.29, 0.717) is 11.3 Å². The van der Waals surface area contributed by atoms with Crippen molar-refractivity contribution in [2.75, 3.05) is 0 Å². The second-order valence-electron chi connectivity index (χ2n) is 5.34. The van der Waals surface area contributed by atoms with Crippen LogP contribution in [0.15, 0.2) is 72.8 Å². The quantitative estimate of drug-likeness (QED) is 0.597. The Morgan fingerprint density at radius 1 is 0.739 bits per heavy atom. The lowest BCUT2D eigenvalue weighted by molar-refractivity contribution is 1.19. The standard InChI is InChI=1S/C21H14N2/c1-23-21-12-10-20(11-13-21)19-8-6-17(7-9-19)14-16-2-4-18(15-22)5-3-16/h2-13H,14H2. The molecule has 0 saturated heterocycles. The third-order valence-electron chi connectivity index (χ3n) is 3.77. The molecule has 0 atom stereocenters. The molecular formula is C21H14N2. The minimum atomic E-state index is 0.659. The van der Waals surface area contributed by atoms with E-state index in [0.717, 1.165) is 17.5 Å². The molecule has 3 rings (SSSR count). The fourth-order valence-corrected chi connectivity index (χ4v) is 2.48. The van der Waals surface area contributed by atoms with Crippen molar-refractivity contribution in [2.45, 2.75) is 6.42 Å². The Balaban J connectivity index is 1.76. The molecule has 0 radical (unpaired) electrons. The topological polar surface area (TPSA) is 28.1 Å². The van der Waals surface area contributed by atoms with Crippen molar-refractivity contribution in [3.8, 4) is 17.2 Å². The number of rotatable bonds is 3. The average Bonchev–Trinajstić information content (AvgIpc) is 2.63. The molecule has 3 aromatic carbocycles. The van der Waals surface area contributed by atoms with Gasteiger partial charge in [0.15, 0.2) is 5.69 Å². The van der Waals surface area contributed by atoms with Crippen LogP contribution in [0.1, 0.15) is 16.7 Å². The molecule has 0 aromatic heterocycles. The number of hydrogen-bond donors (Lipinski definition) is 0. The lowest BCUT2D eigenvalue weighted by Gasteiger charge is -2.05. The van der Waals surface area contributed by atoms with Crippen molar-refractivity contribution in [3.05, 3.63) is 101 Å². The highest BCUT2D eigenvalue weighted by Crippen LogP contribution is 2.23. The first-order chi connectivity index (χ1) is 11.3. The summed E-state index contributed by atoms with van der Waals surface area (Å²) in [5.74, 6) is 0. The van der Waals surface area contributed by atoms with Crippen molar-refractivity contribution in [2.24, 2.45) is 0 Å². The first-order valence-corrected chi connectivity index (χ1v) is 7.34. The van der Waals surface area contributed by atoms with E-state index in [-0.39, 0.29) is 0 Å². The van der Waals surface area contributed by atoms with Gasteiger partial charge in [-0.2, -0.15) is 5.26 Å². The maximum absolute atomic E-state index is 8.82. The Morgan fingerprint density at radius 3 is 1.70 bits per heavy atom. The smallest absolute Gasteiger partial charge is 0.187 e. The van der Waals surface area contributed by atoms with Crippen LogP contribution in [0.4, 0.5) is 5.69 Å². The van der Waals surface area contributed by atoms with Gasteiger partial charge in [0.2, 0.25) is 0 Å². The molecule has 3 aromatic rings. The van der Waals surface area contributed by atoms with Crippen LogP contribution in [0, 0.1) is 17.9 Å². The van der Waals surface area contributed by atoms with Gasteiger partial charge in [0, 0.05) is 0 Å². The summed E-state index contributed by atoms with van der Waals surface area (Å²) in [5, 5.41) is 8.82. The summed E-state index contributed by atoms with van der Waals surface area (Å²) in [5.41, 5.74) is 6.03. The Hall–Kier alpha value is -3.36. The van der Waals surface area contributed by atoms with Gasteiger partial charge in [-0.15, -0.1) is 0 Å². The zero-order chi connectivity index (χ0) is 16.1. The molecule has 0 unspecified atom stereocenters. The summed E-state index contributed by atoms with van der Waals surface area (Å²) in [6.07, 6.45) is 0.850. The van der Waals surface area contributed by atoms with Crippen LogP contribution in [-0.2, 0) is 6.42 Å². The molecule has 0 N–H and O–H groups in total. The molecule has 23 heavy (non-hydrogen) atoms. The van der Waals surface area contributed by atoms with Gasteiger partial charge in [-0.25, -0.2) is 4.85 Å². The lowest BCUT2D eigenvalue weighted by atomic mass is 10.00. The Morgan fingerprint density at radius 2 is 1.22 bits per heavy atom. The van der Waals surface area contributed by atoms with E-state index in [1.165, 1.54) is 11.1 Å². The molecule has 0 saturated carbocycles. The second-order valence-corrected chi connectivity index (χ2v) is 5.34. The highest BCUT2D eigenvalue weighted by Gasteiger charge is 2.01. The average molecular weight is 294 g/mol. The van der Waals surface area contributed by atoms with Crippen molar-refractivity contribution in [1.29, 1.82) is 5.26 Å². The molecule has 108 valence electrons. The number of benzene rings is 3. The first kappa shape index (κ1) is 14.6. The lowest BCUT2D eigenvalue weighted by Crippen LogP contribution is -1.88. The second kappa shape index (κ2) is 6.60. The maximum atomic E-state index is 8.82. The number of nitriles is 1. The van der Waals surface area contributed by atoms with E-state index in [4.69, 9.17) is 11.8 Å². The predicted molar refractivity (Wildman–Crippen MR) is 92.1 cm³/mol. The van der Waals surface area contributed by atoms with Gasteiger partial charge in [0.25, 0.3) is 0 Å². The highest BCUT2D eigenvalue weighted by atomic mass is 14.6. The fourth-order valence-electron chi connectivity index (χ4n) is 2.48. The van der Waals surface area contributed by atoms with Crippen molar-refractivity contribution >= 4 is 5.69 Å². The van der Waals surface area contributed by atoms with Crippen LogP contribution in [0.2, 0.25) is 0 Å². The summed E-state index contributed by atoms with van der Waals surface area (Å²) in [4.78, 5) is 3.41. The summed E-state index contributed by atoms with van der Waals surface area (Å²) in [6.45, 7) is 6.99. The van der Waals surface area contributed by atoms with Crippen LogP contribution in [0.25, 0.3) is 16.0 Å². The normalized spacial score (nSPS) is 9.83. The van der Waals surface area contributed by atoms with Gasteiger partial charge in [-0.1, -0.05) is 60.7 Å². The molecule has 2 nitrogen and oxygen atoms in total. The maximum Gasteiger partial charge on any atom is 0.187 e. The molecule has 0 amide bonds. The van der Waals surface area contributed by atoms with Crippen LogP contribution in [0.3, 0.4) is 0 Å². The van der Waals surface area contributed by atoms with E-state index in [1.807, 2.05) is 48.5 Å². The summed E-state index contributed by atoms with van der Waals surface area (Å²) >= 11 is 0. The monoisotopic (exact) mass is 294 g/mol. The number of hydrogen-bond acceptors (Lipinski definition) is 1. The molecule has 0 aliphatic heterocycles. The molecule has 0 aliphatic rings. The zero-order valence-electron chi connectivity index (χ0n) is 12.5. The van der Waals surface area contributed by atoms with Gasteiger partial charge < -0.3 is 0 Å². The van der Waals surface area contributed by atoms with Gasteiger partial charge >= 0.3 is 0 Å². The summed E-state index contributed by atoms with van der Waals surface area (Å²) < 4.78 is 0. The summed E-state index contributed by atoms with van der Waals surface area (Å²) in [7, 11) is 0. The Labute approximate surface area is 136 Å². The zero-order valence-corrected chi connectivity index (χ0v) is 12.5. The molecule has 0 spiro atoms. The highest BCUT2D eigenvalue weighted by molar-refractivity contribution is 5.66. The SMILES string of the molecule is [C-]#[N+]c1ccc(-c2ccc(Cc3ccc(C#N)cc3)cc2)cc1. The van der Waals surface area contributed by atoms with Gasteiger partial charge in [0.1, 0.15) is 0 Å². The van der Waals surface area contributed by atoms with E-state index in [1.54, 1.807) is 0 Å². The van der Waals surface area contributed by atoms with Gasteiger partial charge in [-0.05, 0) is 40.8 Å². The molecule has 0 fully saturated rings. The molecule has 0 heterocycles. The molecule has 0 bridgehead atoms. The third-order valence-corrected chi connectivity index (χ3v) is 3.77. The van der Waals surface area contributed by atoms with Gasteiger partial charge in [-0.3, -0.25) is 0 Å². The third kappa shape index (κ3) is 3.46. The van der Waals surface area contributed by atoms with Crippen molar-refractivity contribution < 1.29 is 0 Å². The van der Waals surface area contributed by atoms with E-state index in [2.05, 4.69) is 35.2 Å². The Kier molecular flexibility index (Phi) is 4.18. The Bertz CT molecular complexity index is 875. The van der Waals surface area contributed by atoms with E-state index >= 15 is 0 Å². The first-order valence-electron chi connectivity index (χ1n) is 7.34. The minimum Gasteiger partial charge on any atom is -0.238 e. The van der Waals surface area contributed by atoms with Gasteiger partial charge in [0.05, 0.1) is 18.2 Å². The van der Waals surface area contributed by atoms with Crippen LogP contribution < -0.4 is 0 Å². The van der Waals surface area contributed by atoms with Crippen LogP contribution >= 0.6 is 0 Å². The molecule has 2 heteroatoms. The van der Waals surface area contributed by atoms with E-state index in [9.17, 15) is 0 Å².